The average Bonchev–Trinajstić information content (AvgIpc) is 3.49. The van der Waals surface area contributed by atoms with Gasteiger partial charge in [0.2, 0.25) is 5.91 Å². The molecule has 0 radical (unpaired) electrons. The lowest BCUT2D eigenvalue weighted by Gasteiger charge is -2.37. The highest BCUT2D eigenvalue weighted by molar-refractivity contribution is 7.12. The summed E-state index contributed by atoms with van der Waals surface area (Å²) in [4.78, 5) is 32.0. The number of hydrogen-bond donors (Lipinski definition) is 0. The average molecular weight is 503 g/mol. The molecule has 1 aromatic carbocycles. The summed E-state index contributed by atoms with van der Waals surface area (Å²) in [6.07, 6.45) is 0.815. The van der Waals surface area contributed by atoms with Crippen LogP contribution < -0.4 is 4.74 Å². The number of carbonyl (C=O) groups excluding carboxylic acids is 2. The molecule has 0 bridgehead atoms. The molecular weight excluding hydrogens is 476 g/mol. The number of amides is 2. The number of aryl methyl sites for hydroxylation is 1. The minimum absolute atomic E-state index is 0.0461. The summed E-state index contributed by atoms with van der Waals surface area (Å²) in [7, 11) is 0. The first-order valence-corrected chi connectivity index (χ1v) is 13.1. The van der Waals surface area contributed by atoms with Crippen molar-refractivity contribution in [2.24, 2.45) is 0 Å². The lowest BCUT2D eigenvalue weighted by Crippen LogP contribution is -2.49. The first-order chi connectivity index (χ1) is 15.8. The van der Waals surface area contributed by atoms with Crippen LogP contribution >= 0.6 is 34.3 Å². The van der Waals surface area contributed by atoms with E-state index in [1.807, 2.05) is 55.3 Å². The molecule has 0 N–H and O–H groups in total. The summed E-state index contributed by atoms with van der Waals surface area (Å²) in [5.74, 6) is 0.556. The van der Waals surface area contributed by atoms with E-state index in [4.69, 9.17) is 16.3 Å². The van der Waals surface area contributed by atoms with Crippen molar-refractivity contribution < 1.29 is 14.3 Å². The van der Waals surface area contributed by atoms with Gasteiger partial charge in [0.1, 0.15) is 18.9 Å². The van der Waals surface area contributed by atoms with E-state index < -0.39 is 0 Å². The maximum absolute atomic E-state index is 13.5. The number of ether oxygens (including phenoxy) is 1. The molecule has 0 aliphatic carbocycles. The van der Waals surface area contributed by atoms with Crippen LogP contribution in [0.4, 0.5) is 0 Å². The monoisotopic (exact) mass is 502 g/mol. The second kappa shape index (κ2) is 10.3. The van der Waals surface area contributed by atoms with Gasteiger partial charge in [-0.25, -0.2) is 0 Å². The molecule has 174 valence electrons. The van der Waals surface area contributed by atoms with Crippen molar-refractivity contribution in [3.05, 3.63) is 73.1 Å². The molecule has 1 aliphatic heterocycles. The van der Waals surface area contributed by atoms with Crippen LogP contribution in [0, 0.1) is 6.92 Å². The minimum Gasteiger partial charge on any atom is -0.491 e. The second-order valence-electron chi connectivity index (χ2n) is 8.38. The zero-order chi connectivity index (χ0) is 23.5. The third-order valence-corrected chi connectivity index (χ3v) is 8.15. The van der Waals surface area contributed by atoms with Gasteiger partial charge in [-0.05, 0) is 79.4 Å². The first-order valence-electron chi connectivity index (χ1n) is 10.9. The van der Waals surface area contributed by atoms with Gasteiger partial charge in [0.15, 0.2) is 0 Å². The molecule has 5 nitrogen and oxygen atoms in total. The number of nitrogens with zero attached hydrogens (tertiary/aromatic N) is 2. The third kappa shape index (κ3) is 5.26. The maximum atomic E-state index is 13.5. The van der Waals surface area contributed by atoms with Crippen molar-refractivity contribution in [3.8, 4) is 5.75 Å². The molecule has 8 heteroatoms. The Bertz CT molecular complexity index is 1130. The van der Waals surface area contributed by atoms with Crippen molar-refractivity contribution >= 4 is 46.1 Å². The summed E-state index contributed by atoms with van der Waals surface area (Å²) < 4.78 is 6.12. The fraction of sp³-hybridized carbons (Fsp3) is 0.360. The maximum Gasteiger partial charge on any atom is 0.264 e. The number of carbonyl (C=O) groups is 2. The predicted octanol–water partition coefficient (Wildman–Crippen LogP) is 5.83. The van der Waals surface area contributed by atoms with E-state index in [0.29, 0.717) is 23.1 Å². The molecule has 0 saturated carbocycles. The predicted molar refractivity (Wildman–Crippen MR) is 135 cm³/mol. The highest BCUT2D eigenvalue weighted by Gasteiger charge is 2.34. The Balaban J connectivity index is 1.53. The lowest BCUT2D eigenvalue weighted by molar-refractivity contribution is -0.136. The molecule has 0 spiro atoms. The third-order valence-electron chi connectivity index (χ3n) is 5.87. The molecule has 2 amide bonds. The van der Waals surface area contributed by atoms with Gasteiger partial charge in [0.05, 0.1) is 10.9 Å². The Morgan fingerprint density at radius 2 is 2.03 bits per heavy atom. The largest absolute Gasteiger partial charge is 0.491 e. The topological polar surface area (TPSA) is 49.9 Å². The van der Waals surface area contributed by atoms with Gasteiger partial charge in [0.25, 0.3) is 5.91 Å². The molecule has 2 aromatic heterocycles. The molecule has 33 heavy (non-hydrogen) atoms. The van der Waals surface area contributed by atoms with E-state index in [-0.39, 0.29) is 30.4 Å². The van der Waals surface area contributed by atoms with E-state index in [1.165, 1.54) is 16.2 Å². The second-order valence-corrected chi connectivity index (χ2v) is 10.7. The summed E-state index contributed by atoms with van der Waals surface area (Å²) in [6.45, 7) is 6.82. The zero-order valence-electron chi connectivity index (χ0n) is 18.9. The van der Waals surface area contributed by atoms with E-state index in [9.17, 15) is 9.59 Å². The van der Waals surface area contributed by atoms with Gasteiger partial charge in [-0.1, -0.05) is 17.7 Å². The number of hydrogen-bond acceptors (Lipinski definition) is 5. The lowest BCUT2D eigenvalue weighted by atomic mass is 10.00. The molecular formula is C25H27ClN2O3S2. The molecule has 3 aromatic rings. The number of fused-ring (bicyclic) bond motifs is 1. The Labute approximate surface area is 207 Å². The Hall–Kier alpha value is -2.35. The van der Waals surface area contributed by atoms with Gasteiger partial charge < -0.3 is 14.5 Å². The fourth-order valence-electron chi connectivity index (χ4n) is 4.02. The van der Waals surface area contributed by atoms with E-state index in [2.05, 4.69) is 11.4 Å². The molecule has 1 aliphatic rings. The smallest absolute Gasteiger partial charge is 0.264 e. The minimum atomic E-state index is -0.200. The van der Waals surface area contributed by atoms with Crippen LogP contribution in [0.15, 0.2) is 47.2 Å². The normalized spacial score (nSPS) is 15.4. The van der Waals surface area contributed by atoms with Gasteiger partial charge in [-0.2, -0.15) is 0 Å². The summed E-state index contributed by atoms with van der Waals surface area (Å²) >= 11 is 9.26. The SMILES string of the molecule is Cc1cc(OC[C@@H]2c3ccsc3CCN2C(=O)CN(C(=O)c2cccs2)C(C)C)ccc1Cl. The number of rotatable bonds is 7. The van der Waals surface area contributed by atoms with Crippen molar-refractivity contribution in [1.82, 2.24) is 9.80 Å². The highest BCUT2D eigenvalue weighted by Crippen LogP contribution is 2.34. The van der Waals surface area contributed by atoms with E-state index in [1.54, 1.807) is 22.3 Å². The van der Waals surface area contributed by atoms with E-state index >= 15 is 0 Å². The summed E-state index contributed by atoms with van der Waals surface area (Å²) in [6, 6.07) is 11.0. The molecule has 0 unspecified atom stereocenters. The molecule has 1 atom stereocenters. The summed E-state index contributed by atoms with van der Waals surface area (Å²) in [5.41, 5.74) is 2.08. The highest BCUT2D eigenvalue weighted by atomic mass is 35.5. The molecule has 4 rings (SSSR count). The van der Waals surface area contributed by atoms with Gasteiger partial charge in [-0.3, -0.25) is 9.59 Å². The van der Waals surface area contributed by atoms with Crippen LogP contribution in [0.25, 0.3) is 0 Å². The van der Waals surface area contributed by atoms with Crippen LogP contribution in [-0.2, 0) is 11.2 Å². The van der Waals surface area contributed by atoms with Gasteiger partial charge >= 0.3 is 0 Å². The number of thiophene rings is 2. The van der Waals surface area contributed by atoms with Crippen molar-refractivity contribution in [1.29, 1.82) is 0 Å². The molecule has 3 heterocycles. The van der Waals surface area contributed by atoms with Crippen LogP contribution in [0.5, 0.6) is 5.75 Å². The van der Waals surface area contributed by atoms with Gasteiger partial charge in [-0.15, -0.1) is 22.7 Å². The van der Waals surface area contributed by atoms with E-state index in [0.717, 1.165) is 23.3 Å². The molecule has 0 fully saturated rings. The van der Waals surface area contributed by atoms with Crippen molar-refractivity contribution in [2.75, 3.05) is 19.7 Å². The standard InChI is InChI=1S/C25H27ClN2O3S2/c1-16(2)28(25(30)23-5-4-11-32-23)14-24(29)27-10-8-22-19(9-12-33-22)21(27)15-31-18-6-7-20(26)17(3)13-18/h4-7,9,11-13,16,21H,8,10,14-15H2,1-3H3/t21-/m1/s1. The van der Waals surface area contributed by atoms with Crippen LogP contribution in [0.2, 0.25) is 5.02 Å². The Morgan fingerprint density at radius 1 is 1.21 bits per heavy atom. The number of benzene rings is 1. The van der Waals surface area contributed by atoms with Crippen LogP contribution in [0.1, 0.15) is 45.6 Å². The van der Waals surface area contributed by atoms with Crippen LogP contribution in [0.3, 0.4) is 0 Å². The first kappa shape index (κ1) is 23.8. The van der Waals surface area contributed by atoms with Gasteiger partial charge in [0, 0.05) is 22.5 Å². The Morgan fingerprint density at radius 3 is 2.73 bits per heavy atom. The Kier molecular flexibility index (Phi) is 7.41. The van der Waals surface area contributed by atoms with Crippen molar-refractivity contribution in [2.45, 2.75) is 39.3 Å². The molecule has 0 saturated heterocycles. The fourth-order valence-corrected chi connectivity index (χ4v) is 5.75. The zero-order valence-corrected chi connectivity index (χ0v) is 21.3. The van der Waals surface area contributed by atoms with Crippen LogP contribution in [-0.4, -0.2) is 47.4 Å². The quantitative estimate of drug-likeness (QED) is 0.408. The summed E-state index contributed by atoms with van der Waals surface area (Å²) in [5, 5.41) is 4.64. The van der Waals surface area contributed by atoms with Crippen molar-refractivity contribution in [3.63, 3.8) is 0 Å². The number of halogens is 1.